The van der Waals surface area contributed by atoms with Gasteiger partial charge in [-0.15, -0.1) is 0 Å². The van der Waals surface area contributed by atoms with E-state index in [1.165, 1.54) is 5.56 Å². The van der Waals surface area contributed by atoms with Gasteiger partial charge in [0.1, 0.15) is 6.04 Å². The molecule has 0 bridgehead atoms. The molecule has 0 aliphatic carbocycles. The number of likely N-dealkylation sites (N-methyl/N-ethyl adjacent to an activating group) is 1. The molecule has 2 rings (SSSR count). The summed E-state index contributed by atoms with van der Waals surface area (Å²) in [6.07, 6.45) is 1.58. The molecule has 1 N–H and O–H groups in total. The number of benzene rings is 2. The Morgan fingerprint density at radius 3 is 2.10 bits per heavy atom. The van der Waals surface area contributed by atoms with E-state index in [0.29, 0.717) is 43.3 Å². The first-order valence-corrected chi connectivity index (χ1v) is 11.1. The van der Waals surface area contributed by atoms with Gasteiger partial charge in [-0.25, -0.2) is 0 Å². The Morgan fingerprint density at radius 1 is 0.967 bits per heavy atom. The molecule has 162 valence electrons. The average molecular weight is 429 g/mol. The lowest BCUT2D eigenvalue weighted by molar-refractivity contribution is -0.141. The van der Waals surface area contributed by atoms with Crippen LogP contribution in [0.3, 0.4) is 0 Å². The number of nitrogens with one attached hydrogen (secondary N) is 1. The largest absolute Gasteiger partial charge is 0.355 e. The van der Waals surface area contributed by atoms with E-state index in [4.69, 9.17) is 11.6 Å². The minimum atomic E-state index is -0.489. The molecule has 1 atom stereocenters. The molecule has 0 radical (unpaired) electrons. The van der Waals surface area contributed by atoms with Crippen molar-refractivity contribution in [2.24, 2.45) is 0 Å². The molecule has 2 aromatic carbocycles. The Kier molecular flexibility index (Phi) is 9.38. The third-order valence-corrected chi connectivity index (χ3v) is 5.53. The first-order chi connectivity index (χ1) is 14.3. The van der Waals surface area contributed by atoms with Crippen LogP contribution in [0.15, 0.2) is 48.5 Å². The monoisotopic (exact) mass is 428 g/mol. The number of carbonyl (C=O) groups excluding carboxylic acids is 2. The van der Waals surface area contributed by atoms with Crippen molar-refractivity contribution in [2.45, 2.75) is 65.5 Å². The van der Waals surface area contributed by atoms with Crippen molar-refractivity contribution < 1.29 is 9.59 Å². The number of amides is 2. The lowest BCUT2D eigenvalue weighted by atomic mass is 10.00. The van der Waals surface area contributed by atoms with Gasteiger partial charge in [-0.2, -0.15) is 0 Å². The molecule has 0 aromatic heterocycles. The third-order valence-electron chi connectivity index (χ3n) is 5.28. The van der Waals surface area contributed by atoms with Gasteiger partial charge in [0.2, 0.25) is 11.8 Å². The number of hydrogen-bond acceptors (Lipinski definition) is 2. The zero-order valence-corrected chi connectivity index (χ0v) is 19.2. The quantitative estimate of drug-likeness (QED) is 0.555. The molecule has 0 spiro atoms. The highest BCUT2D eigenvalue weighted by Crippen LogP contribution is 2.18. The summed E-state index contributed by atoms with van der Waals surface area (Å²) >= 11 is 6.00. The average Bonchev–Trinajstić information content (AvgIpc) is 2.73. The van der Waals surface area contributed by atoms with Crippen LogP contribution in [-0.2, 0) is 22.6 Å². The van der Waals surface area contributed by atoms with E-state index in [1.807, 2.05) is 38.1 Å². The van der Waals surface area contributed by atoms with E-state index in [-0.39, 0.29) is 11.8 Å². The molecule has 2 aromatic rings. The van der Waals surface area contributed by atoms with Gasteiger partial charge < -0.3 is 10.2 Å². The molecular weight excluding hydrogens is 396 g/mol. The van der Waals surface area contributed by atoms with Crippen LogP contribution >= 0.6 is 11.6 Å². The van der Waals surface area contributed by atoms with Crippen LogP contribution < -0.4 is 5.32 Å². The van der Waals surface area contributed by atoms with E-state index in [1.54, 1.807) is 4.90 Å². The zero-order valence-electron chi connectivity index (χ0n) is 18.5. The third kappa shape index (κ3) is 6.88. The molecule has 30 heavy (non-hydrogen) atoms. The summed E-state index contributed by atoms with van der Waals surface area (Å²) in [5.74, 6) is 0.359. The number of hydrogen-bond donors (Lipinski definition) is 1. The maximum Gasteiger partial charge on any atom is 0.242 e. The lowest BCUT2D eigenvalue weighted by Gasteiger charge is -2.30. The highest BCUT2D eigenvalue weighted by molar-refractivity contribution is 6.30. The van der Waals surface area contributed by atoms with Gasteiger partial charge in [-0.3, -0.25) is 9.59 Å². The van der Waals surface area contributed by atoms with Gasteiger partial charge in [0.15, 0.2) is 0 Å². The van der Waals surface area contributed by atoms with Gasteiger partial charge in [-0.05, 0) is 54.5 Å². The number of aryl methyl sites for hydroxylation is 1. The molecule has 0 aliphatic heterocycles. The first-order valence-electron chi connectivity index (χ1n) is 10.8. The van der Waals surface area contributed by atoms with Gasteiger partial charge in [0.05, 0.1) is 0 Å². The standard InChI is InChI=1S/C25H33ClN2O2/c1-5-23(25(30)27-6-2)28(17-20-9-14-22(26)15-10-20)24(29)16-11-19-7-12-21(13-8-19)18(3)4/h7-10,12-15,18,23H,5-6,11,16-17H2,1-4H3,(H,27,30). The number of halogens is 1. The molecule has 0 fully saturated rings. The van der Waals surface area contributed by atoms with Crippen LogP contribution in [0.4, 0.5) is 0 Å². The molecule has 2 amide bonds. The Morgan fingerprint density at radius 2 is 1.57 bits per heavy atom. The number of rotatable bonds is 10. The number of carbonyl (C=O) groups is 2. The van der Waals surface area contributed by atoms with Gasteiger partial charge >= 0.3 is 0 Å². The van der Waals surface area contributed by atoms with Crippen LogP contribution in [-0.4, -0.2) is 29.3 Å². The van der Waals surface area contributed by atoms with E-state index >= 15 is 0 Å². The fourth-order valence-electron chi connectivity index (χ4n) is 3.46. The molecule has 4 nitrogen and oxygen atoms in total. The van der Waals surface area contributed by atoms with Gasteiger partial charge in [0, 0.05) is 24.5 Å². The summed E-state index contributed by atoms with van der Waals surface area (Å²) in [7, 11) is 0. The van der Waals surface area contributed by atoms with Crippen LogP contribution in [0.1, 0.15) is 63.1 Å². The van der Waals surface area contributed by atoms with E-state index in [0.717, 1.165) is 11.1 Å². The van der Waals surface area contributed by atoms with Gasteiger partial charge in [-0.1, -0.05) is 68.8 Å². The SMILES string of the molecule is CCNC(=O)C(CC)N(Cc1ccc(Cl)cc1)C(=O)CCc1ccc(C(C)C)cc1. The molecule has 0 heterocycles. The minimum Gasteiger partial charge on any atom is -0.355 e. The molecule has 0 saturated carbocycles. The predicted octanol–water partition coefficient (Wildman–Crippen LogP) is 5.34. The van der Waals surface area contributed by atoms with E-state index in [9.17, 15) is 9.59 Å². The van der Waals surface area contributed by atoms with Crippen molar-refractivity contribution in [3.8, 4) is 0 Å². The highest BCUT2D eigenvalue weighted by atomic mass is 35.5. The van der Waals surface area contributed by atoms with Crippen molar-refractivity contribution >= 4 is 23.4 Å². The summed E-state index contributed by atoms with van der Waals surface area (Å²) < 4.78 is 0. The predicted molar refractivity (Wildman–Crippen MR) is 124 cm³/mol. The lowest BCUT2D eigenvalue weighted by Crippen LogP contribution is -2.49. The second-order valence-electron chi connectivity index (χ2n) is 7.86. The highest BCUT2D eigenvalue weighted by Gasteiger charge is 2.28. The molecule has 0 aliphatic rings. The first kappa shape index (κ1) is 23.9. The summed E-state index contributed by atoms with van der Waals surface area (Å²) in [6, 6.07) is 15.4. The topological polar surface area (TPSA) is 49.4 Å². The van der Waals surface area contributed by atoms with E-state index in [2.05, 4.69) is 43.4 Å². The second kappa shape index (κ2) is 11.8. The second-order valence-corrected chi connectivity index (χ2v) is 8.30. The van der Waals surface area contributed by atoms with Crippen molar-refractivity contribution in [2.75, 3.05) is 6.54 Å². The Bertz CT molecular complexity index is 816. The summed E-state index contributed by atoms with van der Waals surface area (Å²) in [4.78, 5) is 27.5. The maximum absolute atomic E-state index is 13.2. The minimum absolute atomic E-state index is 0.0176. The van der Waals surface area contributed by atoms with Crippen molar-refractivity contribution in [3.05, 3.63) is 70.2 Å². The summed E-state index contributed by atoms with van der Waals surface area (Å²) in [5.41, 5.74) is 3.37. The van der Waals surface area contributed by atoms with Crippen LogP contribution in [0.25, 0.3) is 0 Å². The van der Waals surface area contributed by atoms with Crippen LogP contribution in [0, 0.1) is 0 Å². The van der Waals surface area contributed by atoms with Gasteiger partial charge in [0.25, 0.3) is 0 Å². The molecule has 5 heteroatoms. The van der Waals surface area contributed by atoms with Crippen molar-refractivity contribution in [1.82, 2.24) is 10.2 Å². The number of nitrogens with zero attached hydrogens (tertiary/aromatic N) is 1. The smallest absolute Gasteiger partial charge is 0.242 e. The summed E-state index contributed by atoms with van der Waals surface area (Å²) in [5, 5.41) is 3.51. The Labute approximate surface area is 185 Å². The Hall–Kier alpha value is -2.33. The normalized spacial score (nSPS) is 11.9. The van der Waals surface area contributed by atoms with Crippen molar-refractivity contribution in [1.29, 1.82) is 0 Å². The molecular formula is C25H33ClN2O2. The zero-order chi connectivity index (χ0) is 22.1. The summed E-state index contributed by atoms with van der Waals surface area (Å²) in [6.45, 7) is 9.08. The molecule has 0 saturated heterocycles. The van der Waals surface area contributed by atoms with E-state index < -0.39 is 6.04 Å². The Balaban J connectivity index is 2.15. The van der Waals surface area contributed by atoms with Crippen LogP contribution in [0.5, 0.6) is 0 Å². The molecule has 1 unspecified atom stereocenters. The van der Waals surface area contributed by atoms with Crippen molar-refractivity contribution in [3.63, 3.8) is 0 Å². The maximum atomic E-state index is 13.2. The fourth-order valence-corrected chi connectivity index (χ4v) is 3.59. The fraction of sp³-hybridized carbons (Fsp3) is 0.440. The van der Waals surface area contributed by atoms with Crippen LogP contribution in [0.2, 0.25) is 5.02 Å².